The molecule has 0 aromatic carbocycles. The molecule has 4 nitrogen and oxygen atoms in total. The molecule has 0 radical (unpaired) electrons. The van der Waals surface area contributed by atoms with Crippen LogP contribution in [0.1, 0.15) is 21.6 Å². The van der Waals surface area contributed by atoms with Crippen molar-refractivity contribution in [2.45, 2.75) is 23.9 Å². The van der Waals surface area contributed by atoms with Crippen LogP contribution < -0.4 is 0 Å². The lowest BCUT2D eigenvalue weighted by molar-refractivity contribution is 0.0696. The Morgan fingerprint density at radius 2 is 2.00 bits per heavy atom. The zero-order valence-electron chi connectivity index (χ0n) is 10.0. The molecule has 0 bridgehead atoms. The molecule has 5 heteroatoms. The Balaban J connectivity index is 2.28. The minimum absolute atomic E-state index is 0.233. The lowest BCUT2D eigenvalue weighted by Gasteiger charge is -2.03. The van der Waals surface area contributed by atoms with Gasteiger partial charge in [0.2, 0.25) is 0 Å². The van der Waals surface area contributed by atoms with Crippen molar-refractivity contribution in [2.24, 2.45) is 0 Å². The van der Waals surface area contributed by atoms with Crippen LogP contribution in [0, 0.1) is 13.8 Å². The van der Waals surface area contributed by atoms with E-state index in [9.17, 15) is 4.79 Å². The van der Waals surface area contributed by atoms with Gasteiger partial charge in [-0.05, 0) is 43.7 Å². The summed E-state index contributed by atoms with van der Waals surface area (Å²) in [6.45, 7) is 3.93. The van der Waals surface area contributed by atoms with Crippen LogP contribution in [0.25, 0.3) is 0 Å². The van der Waals surface area contributed by atoms with Gasteiger partial charge in [0.05, 0.1) is 5.56 Å². The number of hydrogen-bond donors (Lipinski definition) is 1. The van der Waals surface area contributed by atoms with E-state index in [1.807, 2.05) is 26.0 Å². The fourth-order valence-corrected chi connectivity index (χ4v) is 2.51. The topological polar surface area (TPSA) is 63.1 Å². The summed E-state index contributed by atoms with van der Waals surface area (Å²) in [5.74, 6) is -0.951. The molecule has 2 rings (SSSR count). The monoisotopic (exact) mass is 260 g/mol. The second kappa shape index (κ2) is 5.18. The molecule has 92 valence electrons. The first-order valence-corrected chi connectivity index (χ1v) is 6.19. The third-order valence-corrected chi connectivity index (χ3v) is 3.12. The number of hydrogen-bond acceptors (Lipinski definition) is 4. The van der Waals surface area contributed by atoms with Crippen LogP contribution in [0.3, 0.4) is 0 Å². The fourth-order valence-electron chi connectivity index (χ4n) is 1.56. The lowest BCUT2D eigenvalue weighted by atomic mass is 10.3. The summed E-state index contributed by atoms with van der Waals surface area (Å²) in [7, 11) is 0. The molecule has 0 aliphatic heterocycles. The molecule has 2 heterocycles. The van der Waals surface area contributed by atoms with Crippen LogP contribution in [0.15, 0.2) is 40.5 Å². The SMILES string of the molecule is Cc1cc(C)nc(Sc2cc(C(=O)O)ccn2)c1. The molecule has 0 saturated heterocycles. The maximum atomic E-state index is 10.9. The Bertz CT molecular complexity index is 579. The molecule has 0 saturated carbocycles. The van der Waals surface area contributed by atoms with Crippen LogP contribution >= 0.6 is 11.8 Å². The Morgan fingerprint density at radius 1 is 1.22 bits per heavy atom. The van der Waals surface area contributed by atoms with Crippen molar-refractivity contribution in [3.63, 3.8) is 0 Å². The Hall–Kier alpha value is -1.88. The van der Waals surface area contributed by atoms with Crippen molar-refractivity contribution in [3.8, 4) is 0 Å². The molecule has 2 aromatic rings. The number of carbonyl (C=O) groups is 1. The lowest BCUT2D eigenvalue weighted by Crippen LogP contribution is -1.97. The summed E-state index contributed by atoms with van der Waals surface area (Å²) >= 11 is 1.36. The van der Waals surface area contributed by atoms with Crippen molar-refractivity contribution in [2.75, 3.05) is 0 Å². The van der Waals surface area contributed by atoms with Gasteiger partial charge >= 0.3 is 5.97 Å². The number of rotatable bonds is 3. The van der Waals surface area contributed by atoms with Crippen molar-refractivity contribution in [3.05, 3.63) is 47.3 Å². The van der Waals surface area contributed by atoms with E-state index < -0.39 is 5.97 Å². The fraction of sp³-hybridized carbons (Fsp3) is 0.154. The highest BCUT2D eigenvalue weighted by molar-refractivity contribution is 7.99. The van der Waals surface area contributed by atoms with Gasteiger partial charge in [0.25, 0.3) is 0 Å². The van der Waals surface area contributed by atoms with E-state index in [1.54, 1.807) is 6.07 Å². The normalized spacial score (nSPS) is 10.3. The number of aromatic nitrogens is 2. The first-order chi connectivity index (χ1) is 8.54. The Kier molecular flexibility index (Phi) is 3.62. The molecule has 1 N–H and O–H groups in total. The number of carboxylic acid groups (broad SMARTS) is 1. The third kappa shape index (κ3) is 3.07. The maximum Gasteiger partial charge on any atom is 0.335 e. The molecule has 2 aromatic heterocycles. The van der Waals surface area contributed by atoms with Gasteiger partial charge in [0.1, 0.15) is 10.1 Å². The van der Waals surface area contributed by atoms with E-state index >= 15 is 0 Å². The highest BCUT2D eigenvalue weighted by Gasteiger charge is 2.06. The first kappa shape index (κ1) is 12.6. The smallest absolute Gasteiger partial charge is 0.335 e. The summed E-state index contributed by atoms with van der Waals surface area (Å²) in [6, 6.07) is 6.96. The predicted molar refractivity (Wildman–Crippen MR) is 69.0 cm³/mol. The second-order valence-electron chi connectivity index (χ2n) is 3.91. The minimum Gasteiger partial charge on any atom is -0.478 e. The number of pyridine rings is 2. The summed E-state index contributed by atoms with van der Waals surface area (Å²) in [6.07, 6.45) is 1.49. The highest BCUT2D eigenvalue weighted by atomic mass is 32.2. The van der Waals surface area contributed by atoms with E-state index in [2.05, 4.69) is 9.97 Å². The van der Waals surface area contributed by atoms with Gasteiger partial charge in [0.15, 0.2) is 0 Å². The van der Waals surface area contributed by atoms with Crippen molar-refractivity contribution >= 4 is 17.7 Å². The van der Waals surface area contributed by atoms with Gasteiger partial charge in [-0.15, -0.1) is 0 Å². The molecule has 0 spiro atoms. The van der Waals surface area contributed by atoms with Crippen molar-refractivity contribution in [1.29, 1.82) is 0 Å². The van der Waals surface area contributed by atoms with E-state index in [1.165, 1.54) is 24.0 Å². The molecular formula is C13H12N2O2S. The van der Waals surface area contributed by atoms with Gasteiger partial charge in [-0.25, -0.2) is 14.8 Å². The Morgan fingerprint density at radius 3 is 2.67 bits per heavy atom. The molecule has 0 atom stereocenters. The van der Waals surface area contributed by atoms with Gasteiger partial charge in [-0.1, -0.05) is 11.8 Å². The van der Waals surface area contributed by atoms with E-state index in [-0.39, 0.29) is 5.56 Å². The van der Waals surface area contributed by atoms with Crippen molar-refractivity contribution in [1.82, 2.24) is 9.97 Å². The molecular weight excluding hydrogens is 248 g/mol. The molecule has 0 aliphatic carbocycles. The zero-order chi connectivity index (χ0) is 13.1. The van der Waals surface area contributed by atoms with Gasteiger partial charge < -0.3 is 5.11 Å². The molecule has 0 fully saturated rings. The number of aromatic carboxylic acids is 1. The highest BCUT2D eigenvalue weighted by Crippen LogP contribution is 2.25. The number of nitrogens with zero attached hydrogens (tertiary/aromatic N) is 2. The quantitative estimate of drug-likeness (QED) is 0.919. The van der Waals surface area contributed by atoms with E-state index in [0.717, 1.165) is 16.3 Å². The number of aryl methyl sites for hydroxylation is 2. The minimum atomic E-state index is -0.951. The van der Waals surface area contributed by atoms with Gasteiger partial charge in [0, 0.05) is 11.9 Å². The van der Waals surface area contributed by atoms with Gasteiger partial charge in [-0.2, -0.15) is 0 Å². The summed E-state index contributed by atoms with van der Waals surface area (Å²) in [5.41, 5.74) is 2.29. The maximum absolute atomic E-state index is 10.9. The average molecular weight is 260 g/mol. The van der Waals surface area contributed by atoms with Crippen LogP contribution in [-0.2, 0) is 0 Å². The third-order valence-electron chi connectivity index (χ3n) is 2.27. The average Bonchev–Trinajstić information content (AvgIpc) is 2.27. The Labute approximate surface area is 109 Å². The van der Waals surface area contributed by atoms with Crippen molar-refractivity contribution < 1.29 is 9.90 Å². The predicted octanol–water partition coefficient (Wildman–Crippen LogP) is 2.94. The van der Waals surface area contributed by atoms with Crippen LogP contribution in [-0.4, -0.2) is 21.0 Å². The van der Waals surface area contributed by atoms with Crippen LogP contribution in [0.4, 0.5) is 0 Å². The standard InChI is InChI=1S/C13H12N2O2S/c1-8-5-9(2)15-12(6-8)18-11-7-10(13(16)17)3-4-14-11/h3-7H,1-2H3,(H,16,17). The van der Waals surface area contributed by atoms with Crippen LogP contribution in [0.5, 0.6) is 0 Å². The molecule has 0 unspecified atom stereocenters. The molecule has 18 heavy (non-hydrogen) atoms. The second-order valence-corrected chi connectivity index (χ2v) is 4.95. The number of carboxylic acids is 1. The van der Waals surface area contributed by atoms with Crippen LogP contribution in [0.2, 0.25) is 0 Å². The van der Waals surface area contributed by atoms with Gasteiger partial charge in [-0.3, -0.25) is 0 Å². The first-order valence-electron chi connectivity index (χ1n) is 5.37. The zero-order valence-corrected chi connectivity index (χ0v) is 10.9. The largest absolute Gasteiger partial charge is 0.478 e. The van der Waals surface area contributed by atoms with E-state index in [0.29, 0.717) is 5.03 Å². The summed E-state index contributed by atoms with van der Waals surface area (Å²) in [4.78, 5) is 19.4. The molecule has 0 amide bonds. The summed E-state index contributed by atoms with van der Waals surface area (Å²) < 4.78 is 0. The van der Waals surface area contributed by atoms with E-state index in [4.69, 9.17) is 5.11 Å². The summed E-state index contributed by atoms with van der Waals surface area (Å²) in [5, 5.41) is 10.4. The molecule has 0 aliphatic rings.